The van der Waals surface area contributed by atoms with Crippen LogP contribution in [-0.2, 0) is 0 Å². The van der Waals surface area contributed by atoms with Crippen LogP contribution < -0.4 is 5.73 Å². The first-order valence-corrected chi connectivity index (χ1v) is 3.43. The lowest BCUT2D eigenvalue weighted by Crippen LogP contribution is -2.08. The van der Waals surface area contributed by atoms with Crippen LogP contribution >= 0.6 is 11.3 Å². The molecule has 0 aliphatic rings. The molecule has 0 aliphatic heterocycles. The minimum Gasteiger partial charge on any atom is -0.366 e. The van der Waals surface area contributed by atoms with Gasteiger partial charge in [-0.15, -0.1) is 11.3 Å². The van der Waals surface area contributed by atoms with E-state index in [4.69, 9.17) is 5.73 Å². The van der Waals surface area contributed by atoms with Gasteiger partial charge >= 0.3 is 0 Å². The van der Waals surface area contributed by atoms with Gasteiger partial charge in [0.2, 0.25) is 5.91 Å². The Morgan fingerprint density at radius 2 is 2.44 bits per heavy atom. The van der Waals surface area contributed by atoms with Gasteiger partial charge in [-0.1, -0.05) is 0 Å². The van der Waals surface area contributed by atoms with E-state index < -0.39 is 0 Å². The van der Waals surface area contributed by atoms with Crippen LogP contribution in [-0.4, -0.2) is 5.91 Å². The molecule has 0 saturated heterocycles. The average molecular weight is 141 g/mol. The summed E-state index contributed by atoms with van der Waals surface area (Å²) < 4.78 is 0. The molecule has 1 aromatic heterocycles. The number of carbonyl (C=O) groups excluding carboxylic acids is 1. The maximum atomic E-state index is 10.4. The van der Waals surface area contributed by atoms with Crippen LogP contribution in [0.25, 0.3) is 0 Å². The SMILES string of the molecule is Cc1cc(C(N)=O)cs1. The molecule has 0 bridgehead atoms. The molecule has 0 radical (unpaired) electrons. The Balaban J connectivity index is 2.98. The number of thiophene rings is 1. The Bertz CT molecular complexity index is 229. The molecule has 48 valence electrons. The van der Waals surface area contributed by atoms with Crippen molar-refractivity contribution in [1.29, 1.82) is 0 Å². The zero-order valence-corrected chi connectivity index (χ0v) is 5.87. The third-order valence-electron chi connectivity index (χ3n) is 1.02. The van der Waals surface area contributed by atoms with Crippen molar-refractivity contribution >= 4 is 17.2 Å². The molecule has 0 saturated carbocycles. The first kappa shape index (κ1) is 6.29. The summed E-state index contributed by atoms with van der Waals surface area (Å²) in [5.74, 6) is -0.348. The third kappa shape index (κ3) is 1.29. The van der Waals surface area contributed by atoms with Crippen molar-refractivity contribution in [3.8, 4) is 0 Å². The standard InChI is InChI=1S/C6H7NOS/c1-4-2-5(3-9-4)6(7)8/h2-3H,1H3,(H2,7,8). The van der Waals surface area contributed by atoms with Gasteiger partial charge in [0, 0.05) is 10.3 Å². The normalized spacial score (nSPS) is 9.44. The zero-order valence-electron chi connectivity index (χ0n) is 5.05. The van der Waals surface area contributed by atoms with Crippen molar-refractivity contribution < 1.29 is 4.79 Å². The van der Waals surface area contributed by atoms with E-state index >= 15 is 0 Å². The van der Waals surface area contributed by atoms with Gasteiger partial charge in [0.25, 0.3) is 0 Å². The van der Waals surface area contributed by atoms with Crippen LogP contribution in [0.1, 0.15) is 15.2 Å². The summed E-state index contributed by atoms with van der Waals surface area (Å²) in [7, 11) is 0. The van der Waals surface area contributed by atoms with Gasteiger partial charge < -0.3 is 5.73 Å². The van der Waals surface area contributed by atoms with Gasteiger partial charge in [0.15, 0.2) is 0 Å². The first-order valence-electron chi connectivity index (χ1n) is 2.55. The molecular formula is C6H7NOS. The van der Waals surface area contributed by atoms with Crippen molar-refractivity contribution in [2.24, 2.45) is 5.73 Å². The van der Waals surface area contributed by atoms with Crippen LogP contribution in [0.4, 0.5) is 0 Å². The monoisotopic (exact) mass is 141 g/mol. The molecule has 9 heavy (non-hydrogen) atoms. The molecule has 0 unspecified atom stereocenters. The van der Waals surface area contributed by atoms with Crippen molar-refractivity contribution in [1.82, 2.24) is 0 Å². The quantitative estimate of drug-likeness (QED) is 0.626. The molecule has 0 aromatic carbocycles. The molecule has 2 N–H and O–H groups in total. The molecule has 0 aliphatic carbocycles. The van der Waals surface area contributed by atoms with Gasteiger partial charge in [-0.3, -0.25) is 4.79 Å². The molecule has 0 atom stereocenters. The van der Waals surface area contributed by atoms with Gasteiger partial charge in [0.1, 0.15) is 0 Å². The minimum atomic E-state index is -0.348. The summed E-state index contributed by atoms with van der Waals surface area (Å²) in [4.78, 5) is 11.6. The number of hydrogen-bond acceptors (Lipinski definition) is 2. The maximum Gasteiger partial charge on any atom is 0.249 e. The van der Waals surface area contributed by atoms with Crippen LogP contribution in [0.15, 0.2) is 11.4 Å². The summed E-state index contributed by atoms with van der Waals surface area (Å²) in [6.07, 6.45) is 0. The molecule has 1 heterocycles. The molecule has 0 fully saturated rings. The number of amides is 1. The fourth-order valence-corrected chi connectivity index (χ4v) is 1.26. The Kier molecular flexibility index (Phi) is 1.53. The highest BCUT2D eigenvalue weighted by molar-refractivity contribution is 7.10. The molecule has 0 spiro atoms. The van der Waals surface area contributed by atoms with Crippen molar-refractivity contribution in [2.75, 3.05) is 0 Å². The Morgan fingerprint density at radius 3 is 2.67 bits per heavy atom. The number of nitrogens with two attached hydrogens (primary N) is 1. The molecule has 1 aromatic rings. The number of hydrogen-bond donors (Lipinski definition) is 1. The maximum absolute atomic E-state index is 10.4. The lowest BCUT2D eigenvalue weighted by Gasteiger charge is -1.81. The number of primary amides is 1. The Labute approximate surface area is 57.3 Å². The summed E-state index contributed by atoms with van der Waals surface area (Å²) in [5, 5.41) is 1.76. The second-order valence-corrected chi connectivity index (χ2v) is 2.93. The minimum absolute atomic E-state index is 0.348. The average Bonchev–Trinajstić information content (AvgIpc) is 2.14. The topological polar surface area (TPSA) is 43.1 Å². The second kappa shape index (κ2) is 2.19. The van der Waals surface area contributed by atoms with E-state index in [9.17, 15) is 4.79 Å². The third-order valence-corrected chi connectivity index (χ3v) is 1.88. The van der Waals surface area contributed by atoms with Crippen molar-refractivity contribution in [2.45, 2.75) is 6.92 Å². The number of rotatable bonds is 1. The summed E-state index contributed by atoms with van der Waals surface area (Å²) in [6, 6.07) is 1.78. The van der Waals surface area contributed by atoms with Crippen LogP contribution in [0.2, 0.25) is 0 Å². The predicted molar refractivity (Wildman–Crippen MR) is 37.6 cm³/mol. The number of aryl methyl sites for hydroxylation is 1. The van der Waals surface area contributed by atoms with Crippen molar-refractivity contribution in [3.05, 3.63) is 21.9 Å². The van der Waals surface area contributed by atoms with E-state index in [-0.39, 0.29) is 5.91 Å². The highest BCUT2D eigenvalue weighted by Crippen LogP contribution is 2.11. The fraction of sp³-hybridized carbons (Fsp3) is 0.167. The lowest BCUT2D eigenvalue weighted by molar-refractivity contribution is 0.100. The summed E-state index contributed by atoms with van der Waals surface area (Å²) >= 11 is 1.53. The largest absolute Gasteiger partial charge is 0.366 e. The zero-order chi connectivity index (χ0) is 6.85. The van der Waals surface area contributed by atoms with Gasteiger partial charge in [-0.05, 0) is 13.0 Å². The molecule has 3 heteroatoms. The van der Waals surface area contributed by atoms with Crippen LogP contribution in [0.3, 0.4) is 0 Å². The lowest BCUT2D eigenvalue weighted by atomic mass is 10.3. The highest BCUT2D eigenvalue weighted by Gasteiger charge is 1.99. The predicted octanol–water partition coefficient (Wildman–Crippen LogP) is 1.16. The Hall–Kier alpha value is -0.830. The second-order valence-electron chi connectivity index (χ2n) is 1.81. The van der Waals surface area contributed by atoms with E-state index in [0.717, 1.165) is 4.88 Å². The van der Waals surface area contributed by atoms with E-state index in [1.165, 1.54) is 11.3 Å². The van der Waals surface area contributed by atoms with E-state index in [1.54, 1.807) is 11.4 Å². The van der Waals surface area contributed by atoms with Gasteiger partial charge in [-0.2, -0.15) is 0 Å². The fourth-order valence-electron chi connectivity index (χ4n) is 0.573. The van der Waals surface area contributed by atoms with E-state index in [1.807, 2.05) is 6.92 Å². The molecular weight excluding hydrogens is 134 g/mol. The Morgan fingerprint density at radius 1 is 1.78 bits per heavy atom. The molecule has 2 nitrogen and oxygen atoms in total. The summed E-state index contributed by atoms with van der Waals surface area (Å²) in [5.41, 5.74) is 5.60. The van der Waals surface area contributed by atoms with E-state index in [0.29, 0.717) is 5.56 Å². The highest BCUT2D eigenvalue weighted by atomic mass is 32.1. The molecule has 1 amide bonds. The van der Waals surface area contributed by atoms with Gasteiger partial charge in [0.05, 0.1) is 5.56 Å². The molecule has 1 rings (SSSR count). The summed E-state index contributed by atoms with van der Waals surface area (Å²) in [6.45, 7) is 1.94. The van der Waals surface area contributed by atoms with E-state index in [2.05, 4.69) is 0 Å². The van der Waals surface area contributed by atoms with Crippen LogP contribution in [0, 0.1) is 6.92 Å². The number of carbonyl (C=O) groups is 1. The van der Waals surface area contributed by atoms with Gasteiger partial charge in [-0.25, -0.2) is 0 Å². The van der Waals surface area contributed by atoms with Crippen molar-refractivity contribution in [3.63, 3.8) is 0 Å². The smallest absolute Gasteiger partial charge is 0.249 e. The first-order chi connectivity index (χ1) is 4.20. The van der Waals surface area contributed by atoms with Crippen LogP contribution in [0.5, 0.6) is 0 Å².